The first-order valence-corrected chi connectivity index (χ1v) is 8.03. The number of halogens is 2. The highest BCUT2D eigenvalue weighted by molar-refractivity contribution is 14.1. The number of hydrogen-bond acceptors (Lipinski definition) is 2. The third-order valence-corrected chi connectivity index (χ3v) is 3.96. The summed E-state index contributed by atoms with van der Waals surface area (Å²) in [4.78, 5) is 23.3. The fourth-order valence-electron chi connectivity index (χ4n) is 2.13. The van der Waals surface area contributed by atoms with E-state index in [9.17, 15) is 19.1 Å². The first-order valence-electron chi connectivity index (χ1n) is 6.95. The Hall–Kier alpha value is -1.96. The molecular weight excluding hydrogens is 412 g/mol. The summed E-state index contributed by atoms with van der Waals surface area (Å²) in [7, 11) is 0. The fraction of sp³-hybridized carbons (Fsp3) is 0.176. The Morgan fingerprint density at radius 1 is 1.13 bits per heavy atom. The minimum absolute atomic E-state index is 0.0613. The molecular formula is C17H15FINO3. The van der Waals surface area contributed by atoms with E-state index in [1.165, 1.54) is 18.2 Å². The van der Waals surface area contributed by atoms with Crippen molar-refractivity contribution < 1.29 is 19.1 Å². The molecule has 0 saturated heterocycles. The van der Waals surface area contributed by atoms with Gasteiger partial charge >= 0.3 is 5.97 Å². The quantitative estimate of drug-likeness (QED) is 0.697. The molecule has 0 aliphatic rings. The van der Waals surface area contributed by atoms with Gasteiger partial charge in [-0.3, -0.25) is 4.79 Å². The molecule has 0 saturated carbocycles. The van der Waals surface area contributed by atoms with Crippen LogP contribution in [0.1, 0.15) is 11.1 Å². The van der Waals surface area contributed by atoms with Crippen LogP contribution in [0, 0.1) is 9.39 Å². The highest BCUT2D eigenvalue weighted by Gasteiger charge is 2.20. The second-order valence-corrected chi connectivity index (χ2v) is 6.34. The predicted molar refractivity (Wildman–Crippen MR) is 92.5 cm³/mol. The molecule has 0 fully saturated rings. The van der Waals surface area contributed by atoms with Crippen LogP contribution in [0.3, 0.4) is 0 Å². The number of aliphatic carboxylic acids is 1. The largest absolute Gasteiger partial charge is 0.480 e. The number of carboxylic acids is 1. The standard InChI is InChI=1S/C17H15FINO3/c18-13-3-1-2-12(8-13)10-16(21)20-15(17(22)23)9-11-4-6-14(19)7-5-11/h1-8,15H,9-10H2,(H,20,21)(H,22,23)/t15-/m0/s1. The summed E-state index contributed by atoms with van der Waals surface area (Å²) in [6.45, 7) is 0. The van der Waals surface area contributed by atoms with E-state index in [1.54, 1.807) is 6.07 Å². The van der Waals surface area contributed by atoms with Crippen LogP contribution < -0.4 is 5.32 Å². The molecule has 2 N–H and O–H groups in total. The lowest BCUT2D eigenvalue weighted by atomic mass is 10.1. The van der Waals surface area contributed by atoms with Gasteiger partial charge in [0, 0.05) is 9.99 Å². The second-order valence-electron chi connectivity index (χ2n) is 5.10. The lowest BCUT2D eigenvalue weighted by Gasteiger charge is -2.15. The van der Waals surface area contributed by atoms with E-state index in [0.29, 0.717) is 5.56 Å². The lowest BCUT2D eigenvalue weighted by Crippen LogP contribution is -2.43. The van der Waals surface area contributed by atoms with Crippen molar-refractivity contribution in [3.05, 3.63) is 69.0 Å². The maximum Gasteiger partial charge on any atom is 0.326 e. The molecule has 0 spiro atoms. The summed E-state index contributed by atoms with van der Waals surface area (Å²) in [5.74, 6) is -1.98. The van der Waals surface area contributed by atoms with E-state index >= 15 is 0 Å². The molecule has 0 aliphatic carbocycles. The van der Waals surface area contributed by atoms with E-state index in [4.69, 9.17) is 0 Å². The Bertz CT molecular complexity index is 703. The summed E-state index contributed by atoms with van der Waals surface area (Å²) in [6.07, 6.45) is 0.134. The van der Waals surface area contributed by atoms with E-state index in [0.717, 1.165) is 9.13 Å². The Kier molecular flexibility index (Phi) is 6.09. The maximum atomic E-state index is 13.1. The Morgan fingerprint density at radius 2 is 1.83 bits per heavy atom. The minimum atomic E-state index is -1.10. The van der Waals surface area contributed by atoms with Gasteiger partial charge in [0.2, 0.25) is 5.91 Å². The second kappa shape index (κ2) is 8.05. The zero-order valence-corrected chi connectivity index (χ0v) is 14.3. The highest BCUT2D eigenvalue weighted by Crippen LogP contribution is 2.10. The SMILES string of the molecule is O=C(Cc1cccc(F)c1)N[C@@H](Cc1ccc(I)cc1)C(=O)O. The summed E-state index contributed by atoms with van der Waals surface area (Å²) >= 11 is 2.16. The Balaban J connectivity index is 1.99. The normalized spacial score (nSPS) is 11.7. The van der Waals surface area contributed by atoms with Gasteiger partial charge in [0.1, 0.15) is 11.9 Å². The van der Waals surface area contributed by atoms with Gasteiger partial charge in [-0.1, -0.05) is 24.3 Å². The average Bonchev–Trinajstić information content (AvgIpc) is 2.48. The van der Waals surface area contributed by atoms with Crippen molar-refractivity contribution in [3.8, 4) is 0 Å². The molecule has 6 heteroatoms. The summed E-state index contributed by atoms with van der Waals surface area (Å²) < 4.78 is 14.2. The van der Waals surface area contributed by atoms with Crippen LogP contribution in [0.15, 0.2) is 48.5 Å². The highest BCUT2D eigenvalue weighted by atomic mass is 127. The molecule has 0 unspecified atom stereocenters. The smallest absolute Gasteiger partial charge is 0.326 e. The summed E-state index contributed by atoms with van der Waals surface area (Å²) in [5, 5.41) is 11.8. The number of carboxylic acid groups (broad SMARTS) is 1. The van der Waals surface area contributed by atoms with Crippen molar-refractivity contribution in [2.45, 2.75) is 18.9 Å². The predicted octanol–water partition coefficient (Wildman–Crippen LogP) is 2.78. The Morgan fingerprint density at radius 3 is 2.43 bits per heavy atom. The molecule has 1 atom stereocenters. The van der Waals surface area contributed by atoms with Gasteiger partial charge in [0.05, 0.1) is 6.42 Å². The first-order chi connectivity index (χ1) is 10.9. The number of rotatable bonds is 6. The van der Waals surface area contributed by atoms with Crippen LogP contribution in [-0.2, 0) is 22.4 Å². The van der Waals surface area contributed by atoms with Crippen LogP contribution in [0.25, 0.3) is 0 Å². The van der Waals surface area contributed by atoms with Crippen molar-refractivity contribution in [3.63, 3.8) is 0 Å². The number of nitrogens with one attached hydrogen (secondary N) is 1. The summed E-state index contributed by atoms with van der Waals surface area (Å²) in [6, 6.07) is 12.1. The van der Waals surface area contributed by atoms with Crippen molar-refractivity contribution in [2.75, 3.05) is 0 Å². The fourth-order valence-corrected chi connectivity index (χ4v) is 2.49. The number of amides is 1. The molecule has 2 aromatic carbocycles. The first kappa shape index (κ1) is 17.4. The molecule has 2 aromatic rings. The van der Waals surface area contributed by atoms with E-state index in [-0.39, 0.29) is 12.8 Å². The molecule has 4 nitrogen and oxygen atoms in total. The van der Waals surface area contributed by atoms with Gasteiger partial charge in [-0.15, -0.1) is 0 Å². The molecule has 0 radical (unpaired) electrons. The molecule has 1 amide bonds. The number of benzene rings is 2. The number of hydrogen-bond donors (Lipinski definition) is 2. The maximum absolute atomic E-state index is 13.1. The van der Waals surface area contributed by atoms with Crippen molar-refractivity contribution in [1.82, 2.24) is 5.32 Å². The van der Waals surface area contributed by atoms with Crippen molar-refractivity contribution in [1.29, 1.82) is 0 Å². The Labute approximate surface area is 146 Å². The van der Waals surface area contributed by atoms with Gasteiger partial charge in [-0.2, -0.15) is 0 Å². The van der Waals surface area contributed by atoms with E-state index < -0.39 is 23.7 Å². The molecule has 0 aromatic heterocycles. The van der Waals surface area contributed by atoms with Crippen LogP contribution in [0.2, 0.25) is 0 Å². The van der Waals surface area contributed by atoms with Crippen molar-refractivity contribution >= 4 is 34.5 Å². The van der Waals surface area contributed by atoms with Crippen LogP contribution in [0.5, 0.6) is 0 Å². The molecule has 120 valence electrons. The van der Waals surface area contributed by atoms with E-state index in [1.807, 2.05) is 24.3 Å². The van der Waals surface area contributed by atoms with Gasteiger partial charge in [0.25, 0.3) is 0 Å². The van der Waals surface area contributed by atoms with Crippen molar-refractivity contribution in [2.24, 2.45) is 0 Å². The zero-order chi connectivity index (χ0) is 16.8. The third-order valence-electron chi connectivity index (χ3n) is 3.24. The number of carbonyl (C=O) groups excluding carboxylic acids is 1. The summed E-state index contributed by atoms with van der Waals surface area (Å²) in [5.41, 5.74) is 1.32. The lowest BCUT2D eigenvalue weighted by molar-refractivity contribution is -0.141. The monoisotopic (exact) mass is 427 g/mol. The van der Waals surface area contributed by atoms with Gasteiger partial charge < -0.3 is 10.4 Å². The molecule has 0 bridgehead atoms. The minimum Gasteiger partial charge on any atom is -0.480 e. The topological polar surface area (TPSA) is 66.4 Å². The average molecular weight is 427 g/mol. The van der Waals surface area contributed by atoms with Crippen LogP contribution in [-0.4, -0.2) is 23.0 Å². The molecule has 2 rings (SSSR count). The van der Waals surface area contributed by atoms with Gasteiger partial charge in [-0.05, 0) is 58.0 Å². The third kappa shape index (κ3) is 5.63. The van der Waals surface area contributed by atoms with E-state index in [2.05, 4.69) is 27.9 Å². The molecule has 0 aliphatic heterocycles. The van der Waals surface area contributed by atoms with Crippen LogP contribution in [0.4, 0.5) is 4.39 Å². The molecule has 0 heterocycles. The molecule has 23 heavy (non-hydrogen) atoms. The number of carbonyl (C=O) groups is 2. The zero-order valence-electron chi connectivity index (χ0n) is 12.1. The van der Waals surface area contributed by atoms with Gasteiger partial charge in [0.15, 0.2) is 0 Å². The van der Waals surface area contributed by atoms with Crippen LogP contribution >= 0.6 is 22.6 Å². The van der Waals surface area contributed by atoms with Gasteiger partial charge in [-0.25, -0.2) is 9.18 Å².